The van der Waals surface area contributed by atoms with Crippen LogP contribution in [0.4, 0.5) is 0 Å². The van der Waals surface area contributed by atoms with Crippen molar-refractivity contribution >= 4 is 16.9 Å². The second-order valence-corrected chi connectivity index (χ2v) is 6.49. The van der Waals surface area contributed by atoms with Gasteiger partial charge >= 0.3 is 0 Å². The first kappa shape index (κ1) is 15.6. The molecule has 1 unspecified atom stereocenters. The van der Waals surface area contributed by atoms with Crippen molar-refractivity contribution in [3.8, 4) is 0 Å². The summed E-state index contributed by atoms with van der Waals surface area (Å²) >= 11 is 0. The van der Waals surface area contributed by atoms with Gasteiger partial charge in [-0.2, -0.15) is 0 Å². The Morgan fingerprint density at radius 2 is 2.16 bits per heavy atom. The first-order chi connectivity index (χ1) is 12.1. The van der Waals surface area contributed by atoms with Crippen LogP contribution in [0, 0.1) is 6.92 Å². The molecule has 1 saturated heterocycles. The molecule has 1 aliphatic rings. The third-order valence-electron chi connectivity index (χ3n) is 4.88. The number of fused-ring (bicyclic) bond motifs is 1. The van der Waals surface area contributed by atoms with E-state index in [1.54, 1.807) is 0 Å². The lowest BCUT2D eigenvalue weighted by atomic mass is 10.2. The summed E-state index contributed by atoms with van der Waals surface area (Å²) in [4.78, 5) is 33.7. The lowest BCUT2D eigenvalue weighted by Gasteiger charge is -2.25. The Balaban J connectivity index is 1.62. The molecule has 6 nitrogen and oxygen atoms in total. The van der Waals surface area contributed by atoms with E-state index in [0.29, 0.717) is 12.2 Å². The van der Waals surface area contributed by atoms with Crippen LogP contribution < -0.4 is 5.43 Å². The number of hydrogen-bond acceptors (Lipinski definition) is 3. The van der Waals surface area contributed by atoms with E-state index in [2.05, 4.69) is 20.6 Å². The van der Waals surface area contributed by atoms with Crippen LogP contribution in [0.1, 0.15) is 29.2 Å². The van der Waals surface area contributed by atoms with Gasteiger partial charge in [0.2, 0.25) is 0 Å². The highest BCUT2D eigenvalue weighted by atomic mass is 16.2. The van der Waals surface area contributed by atoms with Gasteiger partial charge in [0.25, 0.3) is 5.91 Å². The molecule has 1 N–H and O–H groups in total. The number of aromatic amines is 1. The number of benzene rings is 1. The quantitative estimate of drug-likeness (QED) is 0.798. The minimum absolute atomic E-state index is 0.104. The summed E-state index contributed by atoms with van der Waals surface area (Å²) in [6.45, 7) is 3.43. The lowest BCUT2D eigenvalue weighted by molar-refractivity contribution is 0.0718. The highest BCUT2D eigenvalue weighted by Gasteiger charge is 2.30. The van der Waals surface area contributed by atoms with E-state index in [1.165, 1.54) is 18.3 Å². The van der Waals surface area contributed by atoms with Crippen molar-refractivity contribution in [2.45, 2.75) is 32.4 Å². The fraction of sp³-hybridized carbons (Fsp3) is 0.316. The Hall–Kier alpha value is -2.89. The number of pyridine rings is 1. The van der Waals surface area contributed by atoms with Gasteiger partial charge < -0.3 is 14.5 Å². The molecule has 1 aliphatic heterocycles. The van der Waals surface area contributed by atoms with Crippen molar-refractivity contribution in [3.05, 3.63) is 64.3 Å². The van der Waals surface area contributed by atoms with E-state index in [1.807, 2.05) is 30.0 Å². The number of aryl methyl sites for hydroxylation is 1. The van der Waals surface area contributed by atoms with E-state index in [9.17, 15) is 9.59 Å². The smallest absolute Gasteiger partial charge is 0.270 e. The first-order valence-corrected chi connectivity index (χ1v) is 8.55. The zero-order valence-electron chi connectivity index (χ0n) is 14.1. The van der Waals surface area contributed by atoms with E-state index in [4.69, 9.17) is 0 Å². The summed E-state index contributed by atoms with van der Waals surface area (Å²) in [5.74, 6) is 0.843. The number of carbonyl (C=O) groups excluding carboxylic acids is 1. The molecule has 1 fully saturated rings. The maximum absolute atomic E-state index is 12.8. The standard InChI is InChI=1S/C19H20N4O2/c1-13-21-16-6-2-3-7-18(16)23(13)12-14-5-4-10-22(14)19(25)17-11-15(24)8-9-20-17/h2-3,6-9,11,14H,4-5,10,12H2,1H3,(H,20,24). The van der Waals surface area contributed by atoms with Crippen LogP contribution in [0.2, 0.25) is 0 Å². The largest absolute Gasteiger partial charge is 0.357 e. The van der Waals surface area contributed by atoms with Crippen LogP contribution in [0.25, 0.3) is 11.0 Å². The Kier molecular flexibility index (Phi) is 3.87. The molecule has 2 aromatic heterocycles. The highest BCUT2D eigenvalue weighted by Crippen LogP contribution is 2.24. The molecule has 25 heavy (non-hydrogen) atoms. The van der Waals surface area contributed by atoms with Crippen LogP contribution in [0.3, 0.4) is 0 Å². The van der Waals surface area contributed by atoms with Gasteiger partial charge in [-0.25, -0.2) is 4.98 Å². The van der Waals surface area contributed by atoms with Crippen molar-refractivity contribution in [2.75, 3.05) is 6.54 Å². The average molecular weight is 336 g/mol. The molecule has 1 aromatic carbocycles. The fourth-order valence-electron chi connectivity index (χ4n) is 3.65. The molecule has 128 valence electrons. The van der Waals surface area contributed by atoms with Crippen molar-refractivity contribution < 1.29 is 4.79 Å². The van der Waals surface area contributed by atoms with E-state index in [-0.39, 0.29) is 17.4 Å². The number of rotatable bonds is 3. The Labute approximate surface area is 145 Å². The molecule has 3 aromatic rings. The number of imidazole rings is 1. The molecule has 0 radical (unpaired) electrons. The lowest BCUT2D eigenvalue weighted by Crippen LogP contribution is -2.39. The SMILES string of the molecule is Cc1nc2ccccc2n1CC1CCCN1C(=O)c1cc(=O)cc[nH]1. The summed E-state index contributed by atoms with van der Waals surface area (Å²) in [7, 11) is 0. The summed E-state index contributed by atoms with van der Waals surface area (Å²) in [6, 6.07) is 10.9. The summed E-state index contributed by atoms with van der Waals surface area (Å²) < 4.78 is 2.18. The molecule has 0 bridgehead atoms. The Bertz CT molecular complexity index is 988. The second kappa shape index (κ2) is 6.20. The number of carbonyl (C=O) groups is 1. The first-order valence-electron chi connectivity index (χ1n) is 8.55. The predicted molar refractivity (Wildman–Crippen MR) is 95.6 cm³/mol. The number of nitrogens with zero attached hydrogens (tertiary/aromatic N) is 3. The van der Waals surface area contributed by atoms with Crippen molar-refractivity contribution in [1.29, 1.82) is 0 Å². The van der Waals surface area contributed by atoms with E-state index < -0.39 is 0 Å². The van der Waals surface area contributed by atoms with E-state index in [0.717, 1.165) is 36.2 Å². The molecule has 0 aliphatic carbocycles. The summed E-state index contributed by atoms with van der Waals surface area (Å²) in [6.07, 6.45) is 3.45. The molecular weight excluding hydrogens is 316 g/mol. The molecule has 6 heteroatoms. The van der Waals surface area contributed by atoms with E-state index >= 15 is 0 Å². The Morgan fingerprint density at radius 3 is 3.00 bits per heavy atom. The molecule has 0 spiro atoms. The van der Waals surface area contributed by atoms with Gasteiger partial charge in [0.05, 0.1) is 17.1 Å². The van der Waals surface area contributed by atoms with Crippen molar-refractivity contribution in [2.24, 2.45) is 0 Å². The second-order valence-electron chi connectivity index (χ2n) is 6.49. The number of H-pyrrole nitrogens is 1. The van der Waals surface area contributed by atoms with Gasteiger partial charge in [-0.05, 0) is 31.9 Å². The summed E-state index contributed by atoms with van der Waals surface area (Å²) in [5.41, 5.74) is 2.26. The topological polar surface area (TPSA) is 71.0 Å². The number of nitrogens with one attached hydrogen (secondary N) is 1. The zero-order chi connectivity index (χ0) is 17.4. The minimum Gasteiger partial charge on any atom is -0.357 e. The normalized spacial score (nSPS) is 17.3. The molecule has 0 saturated carbocycles. The van der Waals surface area contributed by atoms with Crippen LogP contribution in [0.15, 0.2) is 47.4 Å². The minimum atomic E-state index is -0.158. The number of amides is 1. The number of hydrogen-bond donors (Lipinski definition) is 1. The van der Waals surface area contributed by atoms with Crippen LogP contribution >= 0.6 is 0 Å². The maximum Gasteiger partial charge on any atom is 0.270 e. The monoisotopic (exact) mass is 336 g/mol. The molecule has 1 atom stereocenters. The highest BCUT2D eigenvalue weighted by molar-refractivity contribution is 5.92. The predicted octanol–water partition coefficient (Wildman–Crippen LogP) is 2.34. The molecule has 1 amide bonds. The third kappa shape index (κ3) is 2.84. The van der Waals surface area contributed by atoms with Gasteiger partial charge in [0.1, 0.15) is 11.5 Å². The van der Waals surface area contributed by atoms with Gasteiger partial charge in [-0.15, -0.1) is 0 Å². The van der Waals surface area contributed by atoms with Gasteiger partial charge in [0.15, 0.2) is 5.43 Å². The van der Waals surface area contributed by atoms with Gasteiger partial charge in [-0.1, -0.05) is 12.1 Å². The molecule has 3 heterocycles. The molecule has 4 rings (SSSR count). The van der Waals surface area contributed by atoms with Crippen LogP contribution in [-0.2, 0) is 6.54 Å². The maximum atomic E-state index is 12.8. The number of likely N-dealkylation sites (tertiary alicyclic amines) is 1. The number of para-hydroxylation sites is 2. The van der Waals surface area contributed by atoms with Crippen LogP contribution in [0.5, 0.6) is 0 Å². The fourth-order valence-corrected chi connectivity index (χ4v) is 3.65. The third-order valence-corrected chi connectivity index (χ3v) is 4.88. The zero-order valence-corrected chi connectivity index (χ0v) is 14.1. The van der Waals surface area contributed by atoms with Gasteiger partial charge in [-0.3, -0.25) is 9.59 Å². The van der Waals surface area contributed by atoms with Crippen molar-refractivity contribution in [1.82, 2.24) is 19.4 Å². The van der Waals surface area contributed by atoms with Gasteiger partial charge in [0, 0.05) is 31.4 Å². The number of aromatic nitrogens is 3. The Morgan fingerprint density at radius 1 is 1.32 bits per heavy atom. The van der Waals surface area contributed by atoms with Crippen LogP contribution in [-0.4, -0.2) is 37.9 Å². The average Bonchev–Trinajstić information content (AvgIpc) is 3.19. The summed E-state index contributed by atoms with van der Waals surface area (Å²) in [5, 5.41) is 0. The molecular formula is C19H20N4O2. The van der Waals surface area contributed by atoms with Crippen molar-refractivity contribution in [3.63, 3.8) is 0 Å².